The lowest BCUT2D eigenvalue weighted by molar-refractivity contribution is -0.151. The normalized spacial score (nSPS) is 17.9. The molecule has 1 aliphatic heterocycles. The van der Waals surface area contributed by atoms with Gasteiger partial charge in [0.25, 0.3) is 11.8 Å². The molecule has 0 bridgehead atoms. The second-order valence-corrected chi connectivity index (χ2v) is 10.6. The summed E-state index contributed by atoms with van der Waals surface area (Å²) in [6.07, 6.45) is -2.68. The van der Waals surface area contributed by atoms with Crippen LogP contribution in [0.3, 0.4) is 0 Å². The Kier molecular flexibility index (Phi) is 8.06. The van der Waals surface area contributed by atoms with Gasteiger partial charge in [0, 0.05) is 24.7 Å². The van der Waals surface area contributed by atoms with Gasteiger partial charge in [0.1, 0.15) is 0 Å². The quantitative estimate of drug-likeness (QED) is 0.313. The maximum Gasteiger partial charge on any atom is 0.416 e. The number of aryl methyl sites for hydroxylation is 2. The van der Waals surface area contributed by atoms with Crippen LogP contribution >= 0.6 is 23.2 Å². The van der Waals surface area contributed by atoms with E-state index in [2.05, 4.69) is 0 Å². The number of fused-ring (bicyclic) bond motifs is 1. The summed E-state index contributed by atoms with van der Waals surface area (Å²) >= 11 is 13.0. The zero-order valence-electron chi connectivity index (χ0n) is 21.8. The second kappa shape index (κ2) is 10.8. The minimum atomic E-state index is -4.54. The number of hydrogen-bond donors (Lipinski definition) is 0. The van der Waals surface area contributed by atoms with Gasteiger partial charge in [0.2, 0.25) is 0 Å². The molecule has 11 heteroatoms. The third-order valence-electron chi connectivity index (χ3n) is 7.15. The lowest BCUT2D eigenvalue weighted by Gasteiger charge is -2.36. The van der Waals surface area contributed by atoms with Gasteiger partial charge < -0.3 is 9.64 Å². The van der Waals surface area contributed by atoms with E-state index in [0.717, 1.165) is 12.1 Å². The molecule has 0 aliphatic carbocycles. The highest BCUT2D eigenvalue weighted by Gasteiger charge is 2.36. The lowest BCUT2D eigenvalue weighted by atomic mass is 9.86. The number of ether oxygens (including phenoxy) is 1. The average molecular weight is 583 g/mol. The SMILES string of the molecule is CCOC(=O)[C@H]1CCN(C(=O)c2ccc(Cl)c(C(=O)n3cc(C)c4cc(C(F)(F)F)cc(C)c43)c2Cl)C[C@H]1C. The molecule has 0 unspecified atom stereocenters. The fourth-order valence-corrected chi connectivity index (χ4v) is 5.80. The summed E-state index contributed by atoms with van der Waals surface area (Å²) in [6.45, 7) is 7.58. The number of benzene rings is 2. The van der Waals surface area contributed by atoms with Gasteiger partial charge in [-0.25, -0.2) is 0 Å². The number of aromatic nitrogens is 1. The van der Waals surface area contributed by atoms with Gasteiger partial charge >= 0.3 is 12.1 Å². The molecule has 2 heterocycles. The number of esters is 1. The fourth-order valence-electron chi connectivity index (χ4n) is 5.19. The van der Waals surface area contributed by atoms with Crippen LogP contribution in [-0.4, -0.2) is 46.9 Å². The van der Waals surface area contributed by atoms with Gasteiger partial charge in [-0.1, -0.05) is 30.1 Å². The van der Waals surface area contributed by atoms with Crippen molar-refractivity contribution in [3.63, 3.8) is 0 Å². The molecular formula is C28H27Cl2F3N2O4. The number of alkyl halides is 3. The first-order valence-corrected chi connectivity index (χ1v) is 13.2. The van der Waals surface area contributed by atoms with Crippen LogP contribution in [0.2, 0.25) is 10.0 Å². The Hall–Kier alpha value is -3.04. The number of likely N-dealkylation sites (tertiary alicyclic amines) is 1. The molecule has 0 N–H and O–H groups in total. The summed E-state index contributed by atoms with van der Waals surface area (Å²) < 4.78 is 46.5. The average Bonchev–Trinajstić information content (AvgIpc) is 3.20. The van der Waals surface area contributed by atoms with E-state index in [-0.39, 0.29) is 56.5 Å². The van der Waals surface area contributed by atoms with Gasteiger partial charge in [-0.05, 0) is 68.5 Å². The molecular weight excluding hydrogens is 556 g/mol. The van der Waals surface area contributed by atoms with Gasteiger partial charge in [-0.2, -0.15) is 13.2 Å². The van der Waals surface area contributed by atoms with E-state index in [4.69, 9.17) is 27.9 Å². The van der Waals surface area contributed by atoms with Crippen LogP contribution in [0.1, 0.15) is 57.7 Å². The van der Waals surface area contributed by atoms with E-state index in [1.54, 1.807) is 18.7 Å². The van der Waals surface area contributed by atoms with Crippen LogP contribution in [0.15, 0.2) is 30.5 Å². The van der Waals surface area contributed by atoms with Crippen LogP contribution < -0.4 is 0 Å². The molecule has 4 rings (SSSR count). The Morgan fingerprint density at radius 1 is 1.08 bits per heavy atom. The van der Waals surface area contributed by atoms with E-state index in [1.165, 1.54) is 29.8 Å². The molecule has 6 nitrogen and oxygen atoms in total. The highest BCUT2D eigenvalue weighted by atomic mass is 35.5. The number of nitrogens with zero attached hydrogens (tertiary/aromatic N) is 2. The Morgan fingerprint density at radius 3 is 2.38 bits per heavy atom. The van der Waals surface area contributed by atoms with E-state index >= 15 is 0 Å². The number of carbonyl (C=O) groups is 3. The van der Waals surface area contributed by atoms with Crippen molar-refractivity contribution in [3.05, 3.63) is 68.3 Å². The maximum absolute atomic E-state index is 13.7. The zero-order chi connectivity index (χ0) is 28.8. The highest BCUT2D eigenvalue weighted by Crippen LogP contribution is 2.37. The number of halogens is 5. The largest absolute Gasteiger partial charge is 0.466 e. The first-order valence-electron chi connectivity index (χ1n) is 12.4. The van der Waals surface area contributed by atoms with Gasteiger partial charge in [-0.15, -0.1) is 0 Å². The molecule has 0 radical (unpaired) electrons. The van der Waals surface area contributed by atoms with E-state index < -0.39 is 23.6 Å². The number of carbonyl (C=O) groups excluding carboxylic acids is 3. The summed E-state index contributed by atoms with van der Waals surface area (Å²) in [7, 11) is 0. The Bertz CT molecular complexity index is 1480. The van der Waals surface area contributed by atoms with Crippen molar-refractivity contribution in [1.82, 2.24) is 9.47 Å². The monoisotopic (exact) mass is 582 g/mol. The van der Waals surface area contributed by atoms with Crippen LogP contribution in [0.4, 0.5) is 13.2 Å². The van der Waals surface area contributed by atoms with Crippen molar-refractivity contribution in [2.24, 2.45) is 11.8 Å². The summed E-state index contributed by atoms with van der Waals surface area (Å²) in [4.78, 5) is 41.0. The standard InChI is InChI=1S/C28H27Cl2F3N2O4/c1-5-39-27(38)18-8-9-34(12-15(18)3)25(36)19-6-7-21(29)22(23(19)30)26(37)35-13-16(4)20-11-17(28(31,32)33)10-14(2)24(20)35/h6-7,10-11,13,15,18H,5,8-9,12H2,1-4H3/t15-,18+/m1/s1. The first-order chi connectivity index (χ1) is 18.3. The molecule has 1 saturated heterocycles. The molecule has 1 aromatic heterocycles. The van der Waals surface area contributed by atoms with Crippen molar-refractivity contribution in [2.75, 3.05) is 19.7 Å². The Labute approximate surface area is 233 Å². The van der Waals surface area contributed by atoms with Crippen LogP contribution in [0.25, 0.3) is 10.9 Å². The Morgan fingerprint density at radius 2 is 1.77 bits per heavy atom. The highest BCUT2D eigenvalue weighted by molar-refractivity contribution is 6.41. The summed E-state index contributed by atoms with van der Waals surface area (Å²) in [6, 6.07) is 4.82. The van der Waals surface area contributed by atoms with Crippen molar-refractivity contribution in [2.45, 2.75) is 40.3 Å². The summed E-state index contributed by atoms with van der Waals surface area (Å²) in [5.74, 6) is -1.85. The van der Waals surface area contributed by atoms with Gasteiger partial charge in [0.05, 0.1) is 44.8 Å². The van der Waals surface area contributed by atoms with Crippen molar-refractivity contribution in [3.8, 4) is 0 Å². The van der Waals surface area contributed by atoms with Crippen LogP contribution in [-0.2, 0) is 15.7 Å². The number of rotatable bonds is 4. The van der Waals surface area contributed by atoms with Crippen LogP contribution in [0.5, 0.6) is 0 Å². The van der Waals surface area contributed by atoms with Gasteiger partial charge in [-0.3, -0.25) is 19.0 Å². The third kappa shape index (κ3) is 5.39. The predicted octanol–water partition coefficient (Wildman–Crippen LogP) is 6.93. The van der Waals surface area contributed by atoms with E-state index in [9.17, 15) is 27.6 Å². The topological polar surface area (TPSA) is 68.6 Å². The van der Waals surface area contributed by atoms with Crippen molar-refractivity contribution < 1.29 is 32.3 Å². The van der Waals surface area contributed by atoms with E-state index in [1.807, 2.05) is 6.92 Å². The molecule has 1 amide bonds. The minimum absolute atomic E-state index is 0.00000474. The summed E-state index contributed by atoms with van der Waals surface area (Å²) in [5.41, 5.74) is 0.129. The molecule has 2 aromatic carbocycles. The fraction of sp³-hybridized carbons (Fsp3) is 0.393. The molecule has 0 spiro atoms. The van der Waals surface area contributed by atoms with Crippen LogP contribution in [0, 0.1) is 25.7 Å². The van der Waals surface area contributed by atoms with Gasteiger partial charge in [0.15, 0.2) is 0 Å². The minimum Gasteiger partial charge on any atom is -0.466 e. The molecule has 1 aliphatic rings. The predicted molar refractivity (Wildman–Crippen MR) is 142 cm³/mol. The summed E-state index contributed by atoms with van der Waals surface area (Å²) in [5, 5.41) is 0.121. The molecule has 3 aromatic rings. The molecule has 2 atom stereocenters. The number of hydrogen-bond acceptors (Lipinski definition) is 4. The molecule has 0 saturated carbocycles. The second-order valence-electron chi connectivity index (χ2n) is 9.83. The molecule has 208 valence electrons. The molecule has 39 heavy (non-hydrogen) atoms. The van der Waals surface area contributed by atoms with Crippen molar-refractivity contribution >= 4 is 51.9 Å². The lowest BCUT2D eigenvalue weighted by Crippen LogP contribution is -2.45. The molecule has 1 fully saturated rings. The number of piperidine rings is 1. The third-order valence-corrected chi connectivity index (χ3v) is 7.86. The van der Waals surface area contributed by atoms with Crippen molar-refractivity contribution in [1.29, 1.82) is 0 Å². The Balaban J connectivity index is 1.69. The maximum atomic E-state index is 13.7. The smallest absolute Gasteiger partial charge is 0.416 e. The zero-order valence-corrected chi connectivity index (χ0v) is 23.3. The first kappa shape index (κ1) is 29.0. The van der Waals surface area contributed by atoms with E-state index in [0.29, 0.717) is 30.6 Å². The number of amides is 1.